The van der Waals surface area contributed by atoms with Crippen LogP contribution in [-0.4, -0.2) is 13.0 Å². The lowest BCUT2D eigenvalue weighted by molar-refractivity contribution is 0.0998. The second kappa shape index (κ2) is 7.88. The van der Waals surface area contributed by atoms with E-state index in [1.54, 1.807) is 31.4 Å². The number of carbonyl (C=O) groups is 1. The van der Waals surface area contributed by atoms with Crippen molar-refractivity contribution < 1.29 is 18.7 Å². The van der Waals surface area contributed by atoms with Crippen molar-refractivity contribution >= 4 is 22.6 Å². The first kappa shape index (κ1) is 17.7. The first-order chi connectivity index (χ1) is 13.7. The molecule has 4 rings (SSSR count). The molecule has 1 amide bonds. The quantitative estimate of drug-likeness (QED) is 0.500. The highest BCUT2D eigenvalue weighted by atomic mass is 16.5. The summed E-state index contributed by atoms with van der Waals surface area (Å²) in [7, 11) is 1.57. The monoisotopic (exact) mass is 373 g/mol. The van der Waals surface area contributed by atoms with E-state index in [0.29, 0.717) is 23.6 Å². The number of nitrogens with one attached hydrogen (secondary N) is 1. The average Bonchev–Trinajstić information content (AvgIpc) is 3.19. The molecule has 0 saturated heterocycles. The minimum atomic E-state index is -0.323. The molecule has 5 heteroatoms. The van der Waals surface area contributed by atoms with Gasteiger partial charge < -0.3 is 19.2 Å². The molecule has 28 heavy (non-hydrogen) atoms. The van der Waals surface area contributed by atoms with E-state index >= 15 is 0 Å². The molecule has 0 radical (unpaired) electrons. The zero-order chi connectivity index (χ0) is 19.3. The van der Waals surface area contributed by atoms with Crippen LogP contribution < -0.4 is 14.8 Å². The molecule has 0 atom stereocenters. The maximum Gasteiger partial charge on any atom is 0.291 e. The van der Waals surface area contributed by atoms with Gasteiger partial charge in [-0.05, 0) is 42.0 Å². The van der Waals surface area contributed by atoms with Crippen LogP contribution in [0.15, 0.2) is 83.3 Å². The molecular formula is C23H19NO4. The van der Waals surface area contributed by atoms with Crippen molar-refractivity contribution in [2.45, 2.75) is 6.61 Å². The van der Waals surface area contributed by atoms with E-state index in [0.717, 1.165) is 16.7 Å². The second-order valence-corrected chi connectivity index (χ2v) is 6.24. The van der Waals surface area contributed by atoms with Gasteiger partial charge in [-0.2, -0.15) is 0 Å². The number of amides is 1. The molecule has 0 aliphatic carbocycles. The lowest BCUT2D eigenvalue weighted by atomic mass is 10.2. The predicted octanol–water partition coefficient (Wildman–Crippen LogP) is 5.27. The van der Waals surface area contributed by atoms with Gasteiger partial charge in [0.2, 0.25) is 0 Å². The molecular weight excluding hydrogens is 354 g/mol. The Balaban J connectivity index is 1.42. The maximum atomic E-state index is 12.5. The number of fused-ring (bicyclic) bond motifs is 1. The molecule has 0 spiro atoms. The van der Waals surface area contributed by atoms with E-state index < -0.39 is 0 Å². The van der Waals surface area contributed by atoms with Crippen molar-refractivity contribution in [3.05, 3.63) is 90.2 Å². The van der Waals surface area contributed by atoms with Crippen molar-refractivity contribution in [1.82, 2.24) is 0 Å². The van der Waals surface area contributed by atoms with E-state index in [1.807, 2.05) is 54.6 Å². The molecule has 1 N–H and O–H groups in total. The number of furan rings is 1. The molecule has 0 saturated carbocycles. The predicted molar refractivity (Wildman–Crippen MR) is 108 cm³/mol. The number of methoxy groups -OCH3 is 1. The highest BCUT2D eigenvalue weighted by molar-refractivity contribution is 6.05. The number of ether oxygens (including phenoxy) is 2. The topological polar surface area (TPSA) is 60.7 Å². The van der Waals surface area contributed by atoms with Gasteiger partial charge in [0, 0.05) is 11.1 Å². The maximum absolute atomic E-state index is 12.5. The van der Waals surface area contributed by atoms with E-state index in [4.69, 9.17) is 13.9 Å². The summed E-state index contributed by atoms with van der Waals surface area (Å²) in [4.78, 5) is 12.5. The number of anilines is 1. The van der Waals surface area contributed by atoms with Gasteiger partial charge in [0.05, 0.1) is 7.11 Å². The summed E-state index contributed by atoms with van der Waals surface area (Å²) < 4.78 is 16.7. The van der Waals surface area contributed by atoms with Gasteiger partial charge in [-0.15, -0.1) is 0 Å². The van der Waals surface area contributed by atoms with Crippen molar-refractivity contribution in [3.63, 3.8) is 0 Å². The third-order valence-corrected chi connectivity index (χ3v) is 4.31. The van der Waals surface area contributed by atoms with Crippen LogP contribution in [0.5, 0.6) is 11.5 Å². The van der Waals surface area contributed by atoms with Gasteiger partial charge >= 0.3 is 0 Å². The second-order valence-electron chi connectivity index (χ2n) is 6.24. The molecule has 5 nitrogen and oxygen atoms in total. The van der Waals surface area contributed by atoms with Crippen LogP contribution >= 0.6 is 0 Å². The first-order valence-electron chi connectivity index (χ1n) is 8.87. The fourth-order valence-corrected chi connectivity index (χ4v) is 2.88. The number of rotatable bonds is 6. The van der Waals surface area contributed by atoms with Gasteiger partial charge in [-0.3, -0.25) is 4.79 Å². The van der Waals surface area contributed by atoms with Crippen LogP contribution in [0.2, 0.25) is 0 Å². The summed E-state index contributed by atoms with van der Waals surface area (Å²) >= 11 is 0. The summed E-state index contributed by atoms with van der Waals surface area (Å²) in [5.74, 6) is 1.23. The highest BCUT2D eigenvalue weighted by Gasteiger charge is 2.15. The number of hydrogen-bond donors (Lipinski definition) is 1. The summed E-state index contributed by atoms with van der Waals surface area (Å²) in [5, 5.41) is 3.64. The Hall–Kier alpha value is -3.73. The molecule has 0 bridgehead atoms. The molecule has 3 aromatic carbocycles. The van der Waals surface area contributed by atoms with Gasteiger partial charge in [-0.25, -0.2) is 0 Å². The number of benzene rings is 3. The normalized spacial score (nSPS) is 10.6. The van der Waals surface area contributed by atoms with E-state index in [9.17, 15) is 4.79 Å². The molecule has 1 aromatic heterocycles. The Morgan fingerprint density at radius 3 is 2.50 bits per heavy atom. The molecule has 0 fully saturated rings. The lowest BCUT2D eigenvalue weighted by Crippen LogP contribution is -2.10. The molecule has 4 aromatic rings. The van der Waals surface area contributed by atoms with Crippen LogP contribution in [0, 0.1) is 0 Å². The van der Waals surface area contributed by atoms with Gasteiger partial charge in [0.25, 0.3) is 5.91 Å². The standard InChI is InChI=1S/C23H19NO4/c1-26-20-9-5-8-17-14-21(28-22(17)20)23(25)24-18-10-12-19(13-11-18)27-15-16-6-3-2-4-7-16/h2-14H,15H2,1H3,(H,24,25). The highest BCUT2D eigenvalue weighted by Crippen LogP contribution is 2.29. The summed E-state index contributed by atoms with van der Waals surface area (Å²) in [6.07, 6.45) is 0. The molecule has 140 valence electrons. The largest absolute Gasteiger partial charge is 0.493 e. The number of para-hydroxylation sites is 1. The summed E-state index contributed by atoms with van der Waals surface area (Å²) in [5.41, 5.74) is 2.31. The molecule has 0 aliphatic heterocycles. The fourth-order valence-electron chi connectivity index (χ4n) is 2.88. The first-order valence-corrected chi connectivity index (χ1v) is 8.87. The Morgan fingerprint density at radius 2 is 1.75 bits per heavy atom. The van der Waals surface area contributed by atoms with Crippen molar-refractivity contribution in [3.8, 4) is 11.5 Å². The zero-order valence-corrected chi connectivity index (χ0v) is 15.3. The van der Waals surface area contributed by atoms with Gasteiger partial charge in [0.1, 0.15) is 12.4 Å². The smallest absolute Gasteiger partial charge is 0.291 e. The Kier molecular flexibility index (Phi) is 4.97. The summed E-state index contributed by atoms with van der Waals surface area (Å²) in [6, 6.07) is 24.4. The van der Waals surface area contributed by atoms with Gasteiger partial charge in [-0.1, -0.05) is 42.5 Å². The van der Waals surface area contributed by atoms with Crippen molar-refractivity contribution in [2.24, 2.45) is 0 Å². The Labute approximate surface area is 162 Å². The fraction of sp³-hybridized carbons (Fsp3) is 0.0870. The molecule has 1 heterocycles. The van der Waals surface area contributed by atoms with Crippen LogP contribution in [0.3, 0.4) is 0 Å². The molecule has 0 aliphatic rings. The zero-order valence-electron chi connectivity index (χ0n) is 15.3. The number of hydrogen-bond acceptors (Lipinski definition) is 4. The van der Waals surface area contributed by atoms with E-state index in [-0.39, 0.29) is 11.7 Å². The third-order valence-electron chi connectivity index (χ3n) is 4.31. The minimum Gasteiger partial charge on any atom is -0.493 e. The third kappa shape index (κ3) is 3.83. The SMILES string of the molecule is COc1cccc2cc(C(=O)Nc3ccc(OCc4ccccc4)cc3)oc12. The number of carbonyl (C=O) groups excluding carboxylic acids is 1. The molecule has 0 unspecified atom stereocenters. The minimum absolute atomic E-state index is 0.226. The van der Waals surface area contributed by atoms with Crippen LogP contribution in [-0.2, 0) is 6.61 Å². The lowest BCUT2D eigenvalue weighted by Gasteiger charge is -2.08. The van der Waals surface area contributed by atoms with Crippen LogP contribution in [0.1, 0.15) is 16.1 Å². The van der Waals surface area contributed by atoms with Gasteiger partial charge in [0.15, 0.2) is 17.1 Å². The average molecular weight is 373 g/mol. The Morgan fingerprint density at radius 1 is 0.964 bits per heavy atom. The van der Waals surface area contributed by atoms with Crippen LogP contribution in [0.4, 0.5) is 5.69 Å². The van der Waals surface area contributed by atoms with Crippen molar-refractivity contribution in [2.75, 3.05) is 12.4 Å². The van der Waals surface area contributed by atoms with Crippen molar-refractivity contribution in [1.29, 1.82) is 0 Å². The van der Waals surface area contributed by atoms with E-state index in [2.05, 4.69) is 5.32 Å². The Bertz CT molecular complexity index is 1080. The van der Waals surface area contributed by atoms with E-state index in [1.165, 1.54) is 0 Å². The summed E-state index contributed by atoms with van der Waals surface area (Å²) in [6.45, 7) is 0.493. The van der Waals surface area contributed by atoms with Crippen LogP contribution in [0.25, 0.3) is 11.0 Å².